The van der Waals surface area contributed by atoms with E-state index in [1.54, 1.807) is 18.2 Å². The molecule has 0 aliphatic rings. The molecule has 0 aliphatic carbocycles. The SMILES string of the molecule is COC(=O)Cn1c(=NC(=O)c2ccc(F)cc2F)sc2cc(OC)ccc21. The third-order valence-electron chi connectivity index (χ3n) is 3.76. The van der Waals surface area contributed by atoms with E-state index in [1.807, 2.05) is 0 Å². The second-order valence-electron chi connectivity index (χ2n) is 5.42. The molecular formula is C18H14F2N2O4S. The van der Waals surface area contributed by atoms with Crippen LogP contribution in [0.3, 0.4) is 0 Å². The van der Waals surface area contributed by atoms with Gasteiger partial charge in [0.2, 0.25) is 0 Å². The summed E-state index contributed by atoms with van der Waals surface area (Å²) in [4.78, 5) is 28.2. The molecule has 0 unspecified atom stereocenters. The van der Waals surface area contributed by atoms with Gasteiger partial charge in [0.05, 0.1) is 30.0 Å². The lowest BCUT2D eigenvalue weighted by atomic mass is 10.2. The van der Waals surface area contributed by atoms with Gasteiger partial charge < -0.3 is 14.0 Å². The fourth-order valence-electron chi connectivity index (χ4n) is 2.42. The van der Waals surface area contributed by atoms with Crippen LogP contribution in [-0.2, 0) is 16.1 Å². The van der Waals surface area contributed by atoms with E-state index in [9.17, 15) is 18.4 Å². The zero-order valence-electron chi connectivity index (χ0n) is 14.4. The van der Waals surface area contributed by atoms with Crippen molar-refractivity contribution in [2.75, 3.05) is 14.2 Å². The number of carbonyl (C=O) groups is 2. The van der Waals surface area contributed by atoms with Crippen molar-refractivity contribution < 1.29 is 27.8 Å². The molecule has 0 N–H and O–H groups in total. The predicted molar refractivity (Wildman–Crippen MR) is 94.6 cm³/mol. The molecule has 0 radical (unpaired) electrons. The quantitative estimate of drug-likeness (QED) is 0.640. The van der Waals surface area contributed by atoms with Crippen LogP contribution in [0.15, 0.2) is 41.4 Å². The van der Waals surface area contributed by atoms with E-state index in [0.717, 1.165) is 23.5 Å². The number of carbonyl (C=O) groups excluding carboxylic acids is 2. The maximum Gasteiger partial charge on any atom is 0.325 e. The molecule has 3 rings (SSSR count). The van der Waals surface area contributed by atoms with E-state index in [-0.39, 0.29) is 16.9 Å². The van der Waals surface area contributed by atoms with Crippen LogP contribution in [0, 0.1) is 11.6 Å². The molecule has 0 saturated carbocycles. The Morgan fingerprint density at radius 1 is 1.15 bits per heavy atom. The van der Waals surface area contributed by atoms with Gasteiger partial charge in [-0.25, -0.2) is 8.78 Å². The first-order chi connectivity index (χ1) is 12.9. The van der Waals surface area contributed by atoms with Gasteiger partial charge in [0.15, 0.2) is 4.80 Å². The first-order valence-electron chi connectivity index (χ1n) is 7.71. The highest BCUT2D eigenvalue weighted by Gasteiger charge is 2.15. The lowest BCUT2D eigenvalue weighted by Crippen LogP contribution is -2.22. The number of ether oxygens (including phenoxy) is 2. The van der Waals surface area contributed by atoms with E-state index in [0.29, 0.717) is 22.0 Å². The van der Waals surface area contributed by atoms with Gasteiger partial charge in [-0.05, 0) is 30.3 Å². The third kappa shape index (κ3) is 3.87. The monoisotopic (exact) mass is 392 g/mol. The van der Waals surface area contributed by atoms with E-state index < -0.39 is 23.5 Å². The van der Waals surface area contributed by atoms with Crippen molar-refractivity contribution >= 4 is 33.4 Å². The predicted octanol–water partition coefficient (Wildman–Crippen LogP) is 2.90. The number of methoxy groups -OCH3 is 2. The number of fused-ring (bicyclic) bond motifs is 1. The second kappa shape index (κ2) is 7.67. The Balaban J connectivity index is 2.15. The molecule has 0 aliphatic heterocycles. The first-order valence-corrected chi connectivity index (χ1v) is 8.53. The van der Waals surface area contributed by atoms with Crippen LogP contribution in [-0.4, -0.2) is 30.7 Å². The molecule has 0 fully saturated rings. The molecule has 1 heterocycles. The van der Waals surface area contributed by atoms with Crippen molar-refractivity contribution in [3.63, 3.8) is 0 Å². The van der Waals surface area contributed by atoms with Gasteiger partial charge in [-0.15, -0.1) is 0 Å². The van der Waals surface area contributed by atoms with E-state index >= 15 is 0 Å². The molecule has 0 bridgehead atoms. The minimum atomic E-state index is -1.01. The Hall–Kier alpha value is -3.07. The highest BCUT2D eigenvalue weighted by molar-refractivity contribution is 7.16. The number of hydrogen-bond acceptors (Lipinski definition) is 5. The summed E-state index contributed by atoms with van der Waals surface area (Å²) in [6, 6.07) is 7.77. The van der Waals surface area contributed by atoms with E-state index in [2.05, 4.69) is 9.73 Å². The normalized spacial score (nSPS) is 11.6. The van der Waals surface area contributed by atoms with Crippen molar-refractivity contribution in [3.8, 4) is 5.75 Å². The Morgan fingerprint density at radius 2 is 1.93 bits per heavy atom. The molecule has 9 heteroatoms. The minimum absolute atomic E-state index is 0.178. The highest BCUT2D eigenvalue weighted by Crippen LogP contribution is 2.23. The molecule has 1 aromatic heterocycles. The molecule has 6 nitrogen and oxygen atoms in total. The summed E-state index contributed by atoms with van der Waals surface area (Å²) in [5.41, 5.74) is 0.272. The molecule has 0 spiro atoms. The summed E-state index contributed by atoms with van der Waals surface area (Å²) in [7, 11) is 2.76. The van der Waals surface area contributed by atoms with Gasteiger partial charge in [-0.2, -0.15) is 4.99 Å². The fraction of sp³-hybridized carbons (Fsp3) is 0.167. The van der Waals surface area contributed by atoms with Crippen molar-refractivity contribution in [3.05, 3.63) is 58.4 Å². The van der Waals surface area contributed by atoms with Crippen LogP contribution in [0.1, 0.15) is 10.4 Å². The highest BCUT2D eigenvalue weighted by atomic mass is 32.1. The summed E-state index contributed by atoms with van der Waals surface area (Å²) in [5.74, 6) is -2.63. The van der Waals surface area contributed by atoms with Crippen LogP contribution in [0.5, 0.6) is 5.75 Å². The van der Waals surface area contributed by atoms with Gasteiger partial charge in [0.1, 0.15) is 23.9 Å². The number of esters is 1. The summed E-state index contributed by atoms with van der Waals surface area (Å²) in [5, 5.41) is 0. The van der Waals surface area contributed by atoms with Crippen LogP contribution in [0.2, 0.25) is 0 Å². The lowest BCUT2D eigenvalue weighted by molar-refractivity contribution is -0.141. The Labute approximate surface area is 156 Å². The number of aromatic nitrogens is 1. The second-order valence-corrected chi connectivity index (χ2v) is 6.43. The maximum absolute atomic E-state index is 13.9. The van der Waals surface area contributed by atoms with Crippen molar-refractivity contribution in [1.29, 1.82) is 0 Å². The lowest BCUT2D eigenvalue weighted by Gasteiger charge is -2.04. The van der Waals surface area contributed by atoms with Crippen LogP contribution >= 0.6 is 11.3 Å². The zero-order chi connectivity index (χ0) is 19.6. The minimum Gasteiger partial charge on any atom is -0.497 e. The molecule has 27 heavy (non-hydrogen) atoms. The smallest absolute Gasteiger partial charge is 0.325 e. The largest absolute Gasteiger partial charge is 0.497 e. The van der Waals surface area contributed by atoms with Crippen LogP contribution < -0.4 is 9.54 Å². The van der Waals surface area contributed by atoms with Gasteiger partial charge >= 0.3 is 5.97 Å². The van der Waals surface area contributed by atoms with E-state index in [1.165, 1.54) is 18.8 Å². The van der Waals surface area contributed by atoms with Crippen molar-refractivity contribution in [2.24, 2.45) is 4.99 Å². The number of nitrogens with zero attached hydrogens (tertiary/aromatic N) is 2. The first kappa shape index (κ1) is 18.7. The van der Waals surface area contributed by atoms with Gasteiger partial charge in [-0.1, -0.05) is 11.3 Å². The average Bonchev–Trinajstić information content (AvgIpc) is 2.97. The van der Waals surface area contributed by atoms with Gasteiger partial charge in [0, 0.05) is 6.07 Å². The topological polar surface area (TPSA) is 69.9 Å². The molecule has 0 atom stereocenters. The van der Waals surface area contributed by atoms with E-state index in [4.69, 9.17) is 4.74 Å². The molecular weight excluding hydrogens is 378 g/mol. The molecule has 140 valence electrons. The molecule has 2 aromatic carbocycles. The fourth-order valence-corrected chi connectivity index (χ4v) is 3.48. The summed E-state index contributed by atoms with van der Waals surface area (Å²) < 4.78 is 39.0. The number of hydrogen-bond donors (Lipinski definition) is 0. The summed E-state index contributed by atoms with van der Waals surface area (Å²) in [6.07, 6.45) is 0. The third-order valence-corrected chi connectivity index (χ3v) is 4.80. The van der Waals surface area contributed by atoms with Gasteiger partial charge in [-0.3, -0.25) is 9.59 Å². The van der Waals surface area contributed by atoms with Crippen molar-refractivity contribution in [2.45, 2.75) is 6.54 Å². The number of amides is 1. The Bertz CT molecular complexity index is 1100. The summed E-state index contributed by atoms with van der Waals surface area (Å²) >= 11 is 1.13. The van der Waals surface area contributed by atoms with Crippen LogP contribution in [0.25, 0.3) is 10.2 Å². The maximum atomic E-state index is 13.9. The number of benzene rings is 2. The molecule has 1 amide bonds. The zero-order valence-corrected chi connectivity index (χ0v) is 15.2. The Kier molecular flexibility index (Phi) is 5.31. The summed E-state index contributed by atoms with van der Waals surface area (Å²) in [6.45, 7) is -0.180. The molecule has 0 saturated heterocycles. The van der Waals surface area contributed by atoms with Gasteiger partial charge in [0.25, 0.3) is 5.91 Å². The number of thiazole rings is 1. The van der Waals surface area contributed by atoms with Crippen LogP contribution in [0.4, 0.5) is 8.78 Å². The average molecular weight is 392 g/mol. The van der Waals surface area contributed by atoms with Crippen molar-refractivity contribution in [1.82, 2.24) is 4.57 Å². The Morgan fingerprint density at radius 3 is 2.59 bits per heavy atom. The number of halogens is 2. The standard InChI is InChI=1S/C18H14F2N2O4S/c1-25-11-4-6-14-15(8-11)27-18(22(14)9-16(23)26-2)21-17(24)12-5-3-10(19)7-13(12)20/h3-8H,9H2,1-2H3. The number of rotatable bonds is 4. The molecule has 3 aromatic rings.